The van der Waals surface area contributed by atoms with Gasteiger partial charge in [0.1, 0.15) is 0 Å². The van der Waals surface area contributed by atoms with Gasteiger partial charge in [-0.15, -0.1) is 0 Å². The van der Waals surface area contributed by atoms with Crippen LogP contribution in [0.15, 0.2) is 6.20 Å². The quantitative estimate of drug-likeness (QED) is 0.703. The van der Waals surface area contributed by atoms with Crippen molar-refractivity contribution in [1.29, 1.82) is 0 Å². The largest absolute Gasteiger partial charge is 0.350 e. The van der Waals surface area contributed by atoms with Crippen LogP contribution in [-0.2, 0) is 0 Å². The highest BCUT2D eigenvalue weighted by atomic mass is 19.3. The summed E-state index contributed by atoms with van der Waals surface area (Å²) in [4.78, 5) is 6.56. The van der Waals surface area contributed by atoms with Crippen molar-refractivity contribution in [2.75, 3.05) is 11.9 Å². The second kappa shape index (κ2) is 3.32. The fraction of sp³-hybridized carbons (Fsp3) is 0.500. The summed E-state index contributed by atoms with van der Waals surface area (Å²) in [6, 6.07) is 0. The van der Waals surface area contributed by atoms with Crippen molar-refractivity contribution in [3.8, 4) is 0 Å². The van der Waals surface area contributed by atoms with E-state index in [1.807, 2.05) is 0 Å². The van der Waals surface area contributed by atoms with E-state index in [1.165, 1.54) is 0 Å². The highest BCUT2D eigenvalue weighted by Crippen LogP contribution is 2.01. The summed E-state index contributed by atoms with van der Waals surface area (Å²) < 4.78 is 23.2. The minimum Gasteiger partial charge on any atom is -0.350 e. The maximum atomic E-state index is 11.6. The van der Waals surface area contributed by atoms with E-state index >= 15 is 0 Å². The van der Waals surface area contributed by atoms with Crippen LogP contribution in [0, 0.1) is 6.92 Å². The number of nitrogens with zero attached hydrogens (tertiary/aromatic N) is 1. The number of anilines is 1. The molecule has 0 spiro atoms. The highest BCUT2D eigenvalue weighted by molar-refractivity contribution is 5.25. The Morgan fingerprint density at radius 2 is 2.45 bits per heavy atom. The summed E-state index contributed by atoms with van der Waals surface area (Å²) in [5.41, 5.74) is 0.849. The molecule has 0 saturated heterocycles. The number of imidazole rings is 1. The maximum absolute atomic E-state index is 11.6. The Balaban J connectivity index is 2.39. The molecule has 0 aliphatic rings. The SMILES string of the molecule is Cc1cnc(NCC(F)F)[nH]1. The molecule has 0 fully saturated rings. The highest BCUT2D eigenvalue weighted by Gasteiger charge is 2.02. The van der Waals surface area contributed by atoms with Crippen molar-refractivity contribution in [1.82, 2.24) is 9.97 Å². The minimum absolute atomic E-state index is 0.368. The van der Waals surface area contributed by atoms with Crippen molar-refractivity contribution in [2.24, 2.45) is 0 Å². The first-order chi connectivity index (χ1) is 5.18. The van der Waals surface area contributed by atoms with Crippen LogP contribution in [0.4, 0.5) is 14.7 Å². The molecule has 2 N–H and O–H groups in total. The average Bonchev–Trinajstić information content (AvgIpc) is 2.31. The Morgan fingerprint density at radius 3 is 2.91 bits per heavy atom. The number of H-pyrrole nitrogens is 1. The molecule has 0 bridgehead atoms. The first kappa shape index (κ1) is 7.97. The van der Waals surface area contributed by atoms with E-state index in [-0.39, 0.29) is 6.54 Å². The van der Waals surface area contributed by atoms with E-state index in [2.05, 4.69) is 15.3 Å². The molecule has 5 heteroatoms. The summed E-state index contributed by atoms with van der Waals surface area (Å²) in [6.07, 6.45) is -0.770. The van der Waals surface area contributed by atoms with Gasteiger partial charge in [0.2, 0.25) is 0 Å². The predicted octanol–water partition coefficient (Wildman–Crippen LogP) is 1.40. The van der Waals surface area contributed by atoms with Gasteiger partial charge in [-0.3, -0.25) is 0 Å². The van der Waals surface area contributed by atoms with Crippen LogP contribution < -0.4 is 5.32 Å². The summed E-state index contributed by atoms with van der Waals surface area (Å²) in [6.45, 7) is 1.44. The Hall–Kier alpha value is -1.13. The van der Waals surface area contributed by atoms with Crippen LogP contribution in [0.5, 0.6) is 0 Å². The third-order valence-electron chi connectivity index (χ3n) is 1.13. The van der Waals surface area contributed by atoms with Gasteiger partial charge in [0.25, 0.3) is 6.43 Å². The van der Waals surface area contributed by atoms with Crippen molar-refractivity contribution >= 4 is 5.95 Å². The second-order valence-electron chi connectivity index (χ2n) is 2.19. The van der Waals surface area contributed by atoms with Gasteiger partial charge in [0, 0.05) is 11.9 Å². The Morgan fingerprint density at radius 1 is 1.73 bits per heavy atom. The predicted molar refractivity (Wildman–Crippen MR) is 37.8 cm³/mol. The van der Waals surface area contributed by atoms with E-state index in [9.17, 15) is 8.78 Å². The van der Waals surface area contributed by atoms with E-state index in [0.29, 0.717) is 5.95 Å². The lowest BCUT2D eigenvalue weighted by Gasteiger charge is -1.99. The number of hydrogen-bond donors (Lipinski definition) is 2. The van der Waals surface area contributed by atoms with Gasteiger partial charge in [-0.05, 0) is 6.92 Å². The lowest BCUT2D eigenvalue weighted by Crippen LogP contribution is -2.10. The number of alkyl halides is 2. The lowest BCUT2D eigenvalue weighted by molar-refractivity contribution is 0.163. The van der Waals surface area contributed by atoms with Crippen molar-refractivity contribution in [3.05, 3.63) is 11.9 Å². The summed E-state index contributed by atoms with van der Waals surface area (Å²) >= 11 is 0. The van der Waals surface area contributed by atoms with Crippen molar-refractivity contribution in [2.45, 2.75) is 13.3 Å². The topological polar surface area (TPSA) is 40.7 Å². The standard InChI is InChI=1S/C6H9F2N3/c1-4-2-9-6(11-4)10-3-5(7)8/h2,5H,3H2,1H3,(H2,9,10,11). The van der Waals surface area contributed by atoms with Gasteiger partial charge >= 0.3 is 0 Å². The van der Waals surface area contributed by atoms with Crippen molar-refractivity contribution < 1.29 is 8.78 Å². The van der Waals surface area contributed by atoms with Crippen LogP contribution >= 0.6 is 0 Å². The second-order valence-corrected chi connectivity index (χ2v) is 2.19. The Bertz CT molecular complexity index is 221. The summed E-state index contributed by atoms with van der Waals surface area (Å²) in [5.74, 6) is 0.391. The van der Waals surface area contributed by atoms with Gasteiger partial charge < -0.3 is 10.3 Å². The van der Waals surface area contributed by atoms with Gasteiger partial charge in [0.05, 0.1) is 6.54 Å². The molecule has 1 rings (SSSR count). The van der Waals surface area contributed by atoms with Crippen LogP contribution in [0.1, 0.15) is 5.69 Å². The fourth-order valence-corrected chi connectivity index (χ4v) is 0.676. The molecule has 1 aromatic heterocycles. The van der Waals surface area contributed by atoms with E-state index in [0.717, 1.165) is 5.69 Å². The summed E-state index contributed by atoms with van der Waals surface area (Å²) in [7, 11) is 0. The zero-order valence-electron chi connectivity index (χ0n) is 6.06. The molecule has 1 aromatic rings. The molecule has 0 aromatic carbocycles. The third kappa shape index (κ3) is 2.53. The molecule has 0 amide bonds. The smallest absolute Gasteiger partial charge is 0.255 e. The molecule has 3 nitrogen and oxygen atoms in total. The minimum atomic E-state index is -2.35. The first-order valence-corrected chi connectivity index (χ1v) is 3.22. The normalized spacial score (nSPS) is 10.5. The van der Waals surface area contributed by atoms with Gasteiger partial charge in [-0.1, -0.05) is 0 Å². The number of halogens is 2. The number of nitrogens with one attached hydrogen (secondary N) is 2. The van der Waals surface area contributed by atoms with Crippen molar-refractivity contribution in [3.63, 3.8) is 0 Å². The number of aromatic nitrogens is 2. The monoisotopic (exact) mass is 161 g/mol. The lowest BCUT2D eigenvalue weighted by atomic mass is 10.6. The fourth-order valence-electron chi connectivity index (χ4n) is 0.676. The molecule has 0 atom stereocenters. The molecule has 0 aliphatic carbocycles. The van der Waals surface area contributed by atoms with Gasteiger partial charge in [0.15, 0.2) is 5.95 Å². The number of aromatic amines is 1. The molecule has 11 heavy (non-hydrogen) atoms. The molecule has 0 radical (unpaired) electrons. The van der Waals surface area contributed by atoms with Crippen LogP contribution in [0.25, 0.3) is 0 Å². The van der Waals surface area contributed by atoms with Crippen LogP contribution in [-0.4, -0.2) is 22.9 Å². The van der Waals surface area contributed by atoms with Gasteiger partial charge in [-0.25, -0.2) is 13.8 Å². The van der Waals surface area contributed by atoms with E-state index in [1.54, 1.807) is 13.1 Å². The number of aryl methyl sites for hydroxylation is 1. The molecule has 0 unspecified atom stereocenters. The van der Waals surface area contributed by atoms with E-state index in [4.69, 9.17) is 0 Å². The van der Waals surface area contributed by atoms with Crippen LogP contribution in [0.3, 0.4) is 0 Å². The summed E-state index contributed by atoms with van der Waals surface area (Å²) in [5, 5.41) is 2.45. The third-order valence-corrected chi connectivity index (χ3v) is 1.13. The molecule has 0 aliphatic heterocycles. The van der Waals surface area contributed by atoms with Gasteiger partial charge in [-0.2, -0.15) is 0 Å². The van der Waals surface area contributed by atoms with E-state index < -0.39 is 6.43 Å². The molecule has 0 saturated carbocycles. The zero-order chi connectivity index (χ0) is 8.27. The molecular formula is C6H9F2N3. The molecule has 62 valence electrons. The maximum Gasteiger partial charge on any atom is 0.255 e. The first-order valence-electron chi connectivity index (χ1n) is 3.22. The number of hydrogen-bond acceptors (Lipinski definition) is 2. The molecular weight excluding hydrogens is 152 g/mol. The average molecular weight is 161 g/mol. The Labute approximate surface area is 62.8 Å². The zero-order valence-corrected chi connectivity index (χ0v) is 6.06. The Kier molecular flexibility index (Phi) is 2.40. The van der Waals surface area contributed by atoms with Crippen LogP contribution in [0.2, 0.25) is 0 Å². The molecule has 1 heterocycles. The number of rotatable bonds is 3.